The Morgan fingerprint density at radius 2 is 1.70 bits per heavy atom. The number of hydrogen-bond donors (Lipinski definition) is 1. The summed E-state index contributed by atoms with van der Waals surface area (Å²) in [7, 11) is -0.394. The van der Waals surface area contributed by atoms with Crippen molar-refractivity contribution < 1.29 is 17.7 Å². The Hall–Kier alpha value is -3.49. The number of rotatable bonds is 6. The molecule has 0 aliphatic heterocycles. The molecule has 1 heterocycles. The Balaban J connectivity index is 1.65. The van der Waals surface area contributed by atoms with Crippen LogP contribution in [0.25, 0.3) is 22.3 Å². The molecule has 1 N–H and O–H groups in total. The third-order valence-corrected chi connectivity index (χ3v) is 6.31. The zero-order valence-electron chi connectivity index (χ0n) is 18.9. The van der Waals surface area contributed by atoms with Crippen LogP contribution < -0.4 is 9.64 Å². The minimum absolute atomic E-state index is 0.162. The summed E-state index contributed by atoms with van der Waals surface area (Å²) in [5.41, 5.74) is 5.42. The van der Waals surface area contributed by atoms with Crippen LogP contribution in [0.15, 0.2) is 71.8 Å². The number of hydrogen-bond acceptors (Lipinski definition) is 6. The second-order valence-corrected chi connectivity index (χ2v) is 9.51. The van der Waals surface area contributed by atoms with Crippen LogP contribution in [-0.2, 0) is 10.1 Å². The first-order chi connectivity index (χ1) is 15.6. The fraction of sp³-hybridized carbons (Fsp3) is 0.200. The van der Waals surface area contributed by atoms with Crippen molar-refractivity contribution >= 4 is 26.8 Å². The molecule has 1 aromatic heterocycles. The van der Waals surface area contributed by atoms with Crippen molar-refractivity contribution in [2.45, 2.75) is 24.8 Å². The maximum Gasteiger partial charge on any atom is 0.294 e. The molecule has 4 aromatic rings. The van der Waals surface area contributed by atoms with E-state index in [2.05, 4.69) is 4.98 Å². The number of nitrogens with zero attached hydrogens (tertiary/aromatic N) is 3. The van der Waals surface area contributed by atoms with Gasteiger partial charge in [-0.3, -0.25) is 9.54 Å². The van der Waals surface area contributed by atoms with Gasteiger partial charge in [0.25, 0.3) is 10.1 Å². The predicted molar refractivity (Wildman–Crippen MR) is 129 cm³/mol. The summed E-state index contributed by atoms with van der Waals surface area (Å²) < 4.78 is 39.2. The van der Waals surface area contributed by atoms with Crippen molar-refractivity contribution in [3.05, 3.63) is 78.0 Å². The molecular weight excluding hydrogens is 438 g/mol. The van der Waals surface area contributed by atoms with E-state index in [0.717, 1.165) is 28.0 Å². The van der Waals surface area contributed by atoms with Crippen LogP contribution in [-0.4, -0.2) is 37.0 Å². The summed E-state index contributed by atoms with van der Waals surface area (Å²) >= 11 is 0. The van der Waals surface area contributed by atoms with Crippen molar-refractivity contribution in [2.24, 2.45) is 0 Å². The second kappa shape index (κ2) is 8.80. The monoisotopic (exact) mass is 463 g/mol. The van der Waals surface area contributed by atoms with Crippen LogP contribution >= 0.6 is 0 Å². The van der Waals surface area contributed by atoms with Gasteiger partial charge >= 0.3 is 0 Å². The molecule has 33 heavy (non-hydrogen) atoms. The molecule has 4 rings (SSSR count). The standard InChI is InChI=1S/C25H25N3O4S/c1-16-5-12-25(33(29,30)31)21(13-16)17(2)32-20-10-11-22-23(14-20)27-24(15-26-22)18-6-8-19(9-7-18)28(3)4/h5-15,17H,1-4H3,(H,29,30,31). The van der Waals surface area contributed by atoms with E-state index in [1.54, 1.807) is 37.4 Å². The molecule has 8 heteroatoms. The Morgan fingerprint density at radius 1 is 0.970 bits per heavy atom. The normalized spacial score (nSPS) is 12.5. The molecule has 0 spiro atoms. The number of aromatic nitrogens is 2. The lowest BCUT2D eigenvalue weighted by atomic mass is 10.1. The Labute approximate surface area is 193 Å². The molecule has 0 bridgehead atoms. The van der Waals surface area contributed by atoms with E-state index in [-0.39, 0.29) is 4.90 Å². The fourth-order valence-corrected chi connectivity index (χ4v) is 4.38. The summed E-state index contributed by atoms with van der Waals surface area (Å²) in [6.45, 7) is 3.59. The van der Waals surface area contributed by atoms with Crippen molar-refractivity contribution in [3.8, 4) is 17.0 Å². The van der Waals surface area contributed by atoms with Gasteiger partial charge in [0, 0.05) is 37.0 Å². The maximum atomic E-state index is 11.8. The van der Waals surface area contributed by atoms with Gasteiger partial charge in [0.15, 0.2) is 0 Å². The first-order valence-electron chi connectivity index (χ1n) is 10.4. The zero-order valence-corrected chi connectivity index (χ0v) is 19.7. The van der Waals surface area contributed by atoms with E-state index in [4.69, 9.17) is 9.72 Å². The van der Waals surface area contributed by atoms with Crippen LogP contribution in [0.2, 0.25) is 0 Å². The van der Waals surface area contributed by atoms with E-state index in [1.165, 1.54) is 6.07 Å². The third kappa shape index (κ3) is 4.97. The van der Waals surface area contributed by atoms with Gasteiger partial charge in [-0.1, -0.05) is 29.8 Å². The van der Waals surface area contributed by atoms with E-state index < -0.39 is 16.2 Å². The topological polar surface area (TPSA) is 92.6 Å². The van der Waals surface area contributed by atoms with Crippen molar-refractivity contribution in [1.29, 1.82) is 0 Å². The Kier molecular flexibility index (Phi) is 6.05. The van der Waals surface area contributed by atoms with Crippen LogP contribution in [0.1, 0.15) is 24.2 Å². The van der Waals surface area contributed by atoms with Crippen LogP contribution in [0.4, 0.5) is 5.69 Å². The first-order valence-corrected chi connectivity index (χ1v) is 11.8. The molecule has 0 fully saturated rings. The van der Waals surface area contributed by atoms with Gasteiger partial charge in [-0.2, -0.15) is 8.42 Å². The molecule has 0 amide bonds. The summed E-state index contributed by atoms with van der Waals surface area (Å²) in [4.78, 5) is 11.1. The second-order valence-electron chi connectivity index (χ2n) is 8.12. The van der Waals surface area contributed by atoms with E-state index in [0.29, 0.717) is 16.8 Å². The maximum absolute atomic E-state index is 11.8. The zero-order chi connectivity index (χ0) is 23.8. The molecule has 0 aliphatic carbocycles. The van der Waals surface area contributed by atoms with Gasteiger partial charge in [-0.05, 0) is 44.2 Å². The molecule has 0 radical (unpaired) electrons. The van der Waals surface area contributed by atoms with Crippen LogP contribution in [0.5, 0.6) is 5.75 Å². The van der Waals surface area contributed by atoms with Gasteiger partial charge in [0.1, 0.15) is 16.7 Å². The van der Waals surface area contributed by atoms with Crippen LogP contribution in [0.3, 0.4) is 0 Å². The number of ether oxygens (including phenoxy) is 1. The van der Waals surface area contributed by atoms with Gasteiger partial charge in [-0.25, -0.2) is 4.98 Å². The largest absolute Gasteiger partial charge is 0.486 e. The molecule has 0 saturated heterocycles. The average molecular weight is 464 g/mol. The van der Waals surface area contributed by atoms with Crippen molar-refractivity contribution in [1.82, 2.24) is 9.97 Å². The van der Waals surface area contributed by atoms with E-state index >= 15 is 0 Å². The molecule has 1 atom stereocenters. The molecule has 0 aliphatic rings. The fourth-order valence-electron chi connectivity index (χ4n) is 3.62. The average Bonchev–Trinajstić information content (AvgIpc) is 2.77. The number of benzene rings is 3. The van der Waals surface area contributed by atoms with Gasteiger partial charge in [0.05, 0.1) is 22.9 Å². The van der Waals surface area contributed by atoms with E-state index in [1.807, 2.05) is 56.3 Å². The SMILES string of the molecule is Cc1ccc(S(=O)(=O)O)c(C(C)Oc2ccc3ncc(-c4ccc(N(C)C)cc4)nc3c2)c1. The number of aryl methyl sites for hydroxylation is 1. The molecule has 1 unspecified atom stereocenters. The van der Waals surface area contributed by atoms with Crippen molar-refractivity contribution in [3.63, 3.8) is 0 Å². The molecule has 7 nitrogen and oxygen atoms in total. The smallest absolute Gasteiger partial charge is 0.294 e. The first kappa shape index (κ1) is 22.7. The summed E-state index contributed by atoms with van der Waals surface area (Å²) in [6.07, 6.45) is 1.12. The van der Waals surface area contributed by atoms with Crippen LogP contribution in [0, 0.1) is 6.92 Å². The molecule has 170 valence electrons. The highest BCUT2D eigenvalue weighted by Gasteiger charge is 2.21. The molecular formula is C25H25N3O4S. The van der Waals surface area contributed by atoms with Gasteiger partial charge < -0.3 is 9.64 Å². The number of fused-ring (bicyclic) bond motifs is 1. The highest BCUT2D eigenvalue weighted by atomic mass is 32.2. The summed E-state index contributed by atoms with van der Waals surface area (Å²) in [5, 5.41) is 0. The molecule has 3 aromatic carbocycles. The quantitative estimate of drug-likeness (QED) is 0.400. The lowest BCUT2D eigenvalue weighted by Crippen LogP contribution is -2.10. The minimum Gasteiger partial charge on any atom is -0.486 e. The summed E-state index contributed by atoms with van der Waals surface area (Å²) in [5.74, 6) is 0.521. The highest BCUT2D eigenvalue weighted by Crippen LogP contribution is 2.30. The summed E-state index contributed by atoms with van der Waals surface area (Å²) in [6, 6.07) is 18.1. The predicted octanol–water partition coefficient (Wildman–Crippen LogP) is 5.06. The molecule has 0 saturated carbocycles. The lowest BCUT2D eigenvalue weighted by molar-refractivity contribution is 0.223. The van der Waals surface area contributed by atoms with Gasteiger partial charge in [-0.15, -0.1) is 0 Å². The number of anilines is 1. The van der Waals surface area contributed by atoms with Gasteiger partial charge in [0.2, 0.25) is 0 Å². The van der Waals surface area contributed by atoms with E-state index in [9.17, 15) is 13.0 Å². The Morgan fingerprint density at radius 3 is 2.36 bits per heavy atom. The minimum atomic E-state index is -4.37. The third-order valence-electron chi connectivity index (χ3n) is 5.39. The van der Waals surface area contributed by atoms with Crippen molar-refractivity contribution in [2.75, 3.05) is 19.0 Å². The highest BCUT2D eigenvalue weighted by molar-refractivity contribution is 7.85. The Bertz CT molecular complexity index is 1420. The lowest BCUT2D eigenvalue weighted by Gasteiger charge is -2.18.